The van der Waals surface area contributed by atoms with Crippen LogP contribution in [0.25, 0.3) is 0 Å². The Balaban J connectivity index is 3.85. The van der Waals surface area contributed by atoms with Crippen LogP contribution in [0.4, 0.5) is 0 Å². The molecule has 0 saturated heterocycles. The maximum Gasteiger partial charge on any atom is 0.224 e. The molecule has 1 amide bonds. The highest BCUT2D eigenvalue weighted by Gasteiger charge is 2.14. The van der Waals surface area contributed by atoms with Crippen LogP contribution < -0.4 is 16.2 Å². The molecule has 14 heavy (non-hydrogen) atoms. The van der Waals surface area contributed by atoms with Crippen LogP contribution in [0.1, 0.15) is 13.3 Å². The minimum Gasteiger partial charge on any atom is -0.355 e. The molecule has 0 heterocycles. The summed E-state index contributed by atoms with van der Waals surface area (Å²) < 4.78 is 21.0. The second kappa shape index (κ2) is 5.94. The number of sulfonamides is 1. The van der Waals surface area contributed by atoms with E-state index in [0.29, 0.717) is 6.42 Å². The minimum absolute atomic E-state index is 0.0359. The van der Waals surface area contributed by atoms with Crippen LogP contribution in [0.5, 0.6) is 0 Å². The summed E-state index contributed by atoms with van der Waals surface area (Å²) in [5, 5.41) is 7.22. The summed E-state index contributed by atoms with van der Waals surface area (Å²) in [4.78, 5) is 11.3. The molecule has 0 aliphatic carbocycles. The summed E-state index contributed by atoms with van der Waals surface area (Å²) in [6.45, 7) is 2.14. The Kier molecular flexibility index (Phi) is 5.66. The molecule has 5 N–H and O–H groups in total. The molecule has 0 aromatic carbocycles. The van der Waals surface area contributed by atoms with Gasteiger partial charge in [-0.05, 0) is 6.42 Å². The molecule has 7 heteroatoms. The lowest BCUT2D eigenvalue weighted by atomic mass is 10.1. The van der Waals surface area contributed by atoms with Gasteiger partial charge in [0.15, 0.2) is 0 Å². The van der Waals surface area contributed by atoms with Crippen LogP contribution in [0.15, 0.2) is 0 Å². The van der Waals surface area contributed by atoms with Gasteiger partial charge in [-0.15, -0.1) is 0 Å². The zero-order valence-corrected chi connectivity index (χ0v) is 9.01. The predicted octanol–water partition coefficient (Wildman–Crippen LogP) is -1.62. The second-order valence-electron chi connectivity index (χ2n) is 3.00. The first kappa shape index (κ1) is 13.3. The molecule has 0 aliphatic rings. The molecule has 0 fully saturated rings. The van der Waals surface area contributed by atoms with E-state index in [1.807, 2.05) is 6.92 Å². The van der Waals surface area contributed by atoms with Crippen molar-refractivity contribution in [1.82, 2.24) is 5.32 Å². The molecule has 1 atom stereocenters. The molecule has 0 bridgehead atoms. The Morgan fingerprint density at radius 3 is 2.43 bits per heavy atom. The summed E-state index contributed by atoms with van der Waals surface area (Å²) in [6, 6.07) is 0. The third-order valence-corrected chi connectivity index (χ3v) is 2.61. The Morgan fingerprint density at radius 2 is 2.07 bits per heavy atom. The molecule has 0 aromatic heterocycles. The zero-order chi connectivity index (χ0) is 11.2. The van der Waals surface area contributed by atoms with Gasteiger partial charge in [-0.2, -0.15) is 0 Å². The lowest BCUT2D eigenvalue weighted by molar-refractivity contribution is -0.124. The van der Waals surface area contributed by atoms with E-state index in [0.717, 1.165) is 0 Å². The Labute approximate surface area is 84.1 Å². The van der Waals surface area contributed by atoms with Crippen LogP contribution in [-0.4, -0.2) is 33.2 Å². The van der Waals surface area contributed by atoms with Gasteiger partial charge in [0.05, 0.1) is 5.75 Å². The summed E-state index contributed by atoms with van der Waals surface area (Å²) in [7, 11) is -3.50. The van der Waals surface area contributed by atoms with Crippen LogP contribution in [0.3, 0.4) is 0 Å². The van der Waals surface area contributed by atoms with Gasteiger partial charge in [-0.1, -0.05) is 6.92 Å². The quantitative estimate of drug-likeness (QED) is 0.501. The molecule has 0 radical (unpaired) electrons. The van der Waals surface area contributed by atoms with E-state index in [2.05, 4.69) is 5.32 Å². The molecule has 0 aliphatic heterocycles. The van der Waals surface area contributed by atoms with Crippen molar-refractivity contribution in [2.75, 3.05) is 18.8 Å². The number of amides is 1. The van der Waals surface area contributed by atoms with Crippen molar-refractivity contribution >= 4 is 15.9 Å². The fourth-order valence-corrected chi connectivity index (χ4v) is 1.31. The lowest BCUT2D eigenvalue weighted by Gasteiger charge is -2.11. The van der Waals surface area contributed by atoms with Gasteiger partial charge in [0.1, 0.15) is 0 Å². The maximum absolute atomic E-state index is 11.3. The van der Waals surface area contributed by atoms with Crippen molar-refractivity contribution < 1.29 is 13.2 Å². The zero-order valence-electron chi connectivity index (χ0n) is 8.19. The average molecular weight is 223 g/mol. The van der Waals surface area contributed by atoms with Gasteiger partial charge in [0.2, 0.25) is 15.9 Å². The van der Waals surface area contributed by atoms with Gasteiger partial charge in [-0.3, -0.25) is 4.79 Å². The maximum atomic E-state index is 11.3. The molecular weight excluding hydrogens is 206 g/mol. The van der Waals surface area contributed by atoms with E-state index in [-0.39, 0.29) is 30.7 Å². The summed E-state index contributed by atoms with van der Waals surface area (Å²) in [5.74, 6) is -0.728. The van der Waals surface area contributed by atoms with E-state index in [4.69, 9.17) is 10.9 Å². The molecule has 1 unspecified atom stereocenters. The Morgan fingerprint density at radius 1 is 1.50 bits per heavy atom. The first-order chi connectivity index (χ1) is 6.40. The number of rotatable bonds is 6. The smallest absolute Gasteiger partial charge is 0.224 e. The molecule has 84 valence electrons. The van der Waals surface area contributed by atoms with Crippen molar-refractivity contribution in [3.05, 3.63) is 0 Å². The largest absolute Gasteiger partial charge is 0.355 e. The van der Waals surface area contributed by atoms with E-state index in [9.17, 15) is 13.2 Å². The molecule has 0 rings (SSSR count). The van der Waals surface area contributed by atoms with Gasteiger partial charge >= 0.3 is 0 Å². The SMILES string of the molecule is CCC(CN)C(=O)NCCS(N)(=O)=O. The van der Waals surface area contributed by atoms with Crippen LogP contribution in [-0.2, 0) is 14.8 Å². The first-order valence-electron chi connectivity index (χ1n) is 4.39. The summed E-state index contributed by atoms with van der Waals surface area (Å²) in [6.07, 6.45) is 0.637. The number of carbonyl (C=O) groups excluding carboxylic acids is 1. The topological polar surface area (TPSA) is 115 Å². The number of hydrogen-bond donors (Lipinski definition) is 3. The van der Waals surface area contributed by atoms with Crippen molar-refractivity contribution in [3.63, 3.8) is 0 Å². The third kappa shape index (κ3) is 5.90. The Hall–Kier alpha value is -0.660. The van der Waals surface area contributed by atoms with Crippen molar-refractivity contribution in [1.29, 1.82) is 0 Å². The second-order valence-corrected chi connectivity index (χ2v) is 4.73. The predicted molar refractivity (Wildman–Crippen MR) is 53.8 cm³/mol. The number of nitrogens with two attached hydrogens (primary N) is 2. The highest BCUT2D eigenvalue weighted by molar-refractivity contribution is 7.89. The van der Waals surface area contributed by atoms with Gasteiger partial charge in [0, 0.05) is 19.0 Å². The monoisotopic (exact) mass is 223 g/mol. The first-order valence-corrected chi connectivity index (χ1v) is 6.10. The normalized spacial score (nSPS) is 13.6. The highest BCUT2D eigenvalue weighted by atomic mass is 32.2. The van der Waals surface area contributed by atoms with Gasteiger partial charge in [-0.25, -0.2) is 13.6 Å². The lowest BCUT2D eigenvalue weighted by Crippen LogP contribution is -2.38. The molecular formula is C7H17N3O3S. The minimum atomic E-state index is -3.50. The Bertz CT molecular complexity index is 272. The highest BCUT2D eigenvalue weighted by Crippen LogP contribution is 1.98. The van der Waals surface area contributed by atoms with E-state index in [1.54, 1.807) is 0 Å². The van der Waals surface area contributed by atoms with Crippen LogP contribution in [0.2, 0.25) is 0 Å². The van der Waals surface area contributed by atoms with E-state index in [1.165, 1.54) is 0 Å². The van der Waals surface area contributed by atoms with Crippen LogP contribution in [0, 0.1) is 5.92 Å². The summed E-state index contributed by atoms with van der Waals surface area (Å²) >= 11 is 0. The van der Waals surface area contributed by atoms with E-state index >= 15 is 0 Å². The number of nitrogens with one attached hydrogen (secondary N) is 1. The van der Waals surface area contributed by atoms with Gasteiger partial charge in [0.25, 0.3) is 0 Å². The number of primary sulfonamides is 1. The molecule has 0 aromatic rings. The standard InChI is InChI=1S/C7H17N3O3S/c1-2-6(5-8)7(11)10-3-4-14(9,12)13/h6H,2-5,8H2,1H3,(H,10,11)(H2,9,12,13). The fraction of sp³-hybridized carbons (Fsp3) is 0.857. The van der Waals surface area contributed by atoms with Crippen molar-refractivity contribution in [2.45, 2.75) is 13.3 Å². The molecule has 0 spiro atoms. The summed E-state index contributed by atoms with van der Waals surface area (Å²) in [5.41, 5.74) is 5.34. The molecule has 6 nitrogen and oxygen atoms in total. The average Bonchev–Trinajstić information content (AvgIpc) is 2.04. The van der Waals surface area contributed by atoms with Crippen LogP contribution >= 0.6 is 0 Å². The van der Waals surface area contributed by atoms with Crippen molar-refractivity contribution in [2.24, 2.45) is 16.8 Å². The fourth-order valence-electron chi connectivity index (χ4n) is 0.920. The number of carbonyl (C=O) groups is 1. The van der Waals surface area contributed by atoms with Crippen molar-refractivity contribution in [3.8, 4) is 0 Å². The third-order valence-electron chi connectivity index (χ3n) is 1.83. The van der Waals surface area contributed by atoms with Gasteiger partial charge < -0.3 is 11.1 Å². The number of hydrogen-bond acceptors (Lipinski definition) is 4. The molecule has 0 saturated carbocycles. The van der Waals surface area contributed by atoms with E-state index < -0.39 is 10.0 Å².